The van der Waals surface area contributed by atoms with E-state index in [2.05, 4.69) is 38.1 Å². The Kier molecular flexibility index (Phi) is 4.04. The molecule has 0 radical (unpaired) electrons. The van der Waals surface area contributed by atoms with Crippen molar-refractivity contribution in [2.75, 3.05) is 0 Å². The first-order chi connectivity index (χ1) is 2.81. The average molecular weight is 213 g/mol. The van der Waals surface area contributed by atoms with Gasteiger partial charge in [-0.1, -0.05) is 0 Å². The zero-order valence-electron chi connectivity index (χ0n) is 3.13. The van der Waals surface area contributed by atoms with Crippen LogP contribution in [0.15, 0.2) is 0 Å². The van der Waals surface area contributed by atoms with Crippen LogP contribution in [-0.4, -0.2) is 32.0 Å². The van der Waals surface area contributed by atoms with Gasteiger partial charge >= 0.3 is 53.5 Å². The quantitative estimate of drug-likeness (QED) is 0.539. The summed E-state index contributed by atoms with van der Waals surface area (Å²) >= 11 is 4.67. The summed E-state index contributed by atoms with van der Waals surface area (Å²) in [6.45, 7) is 0. The van der Waals surface area contributed by atoms with Crippen molar-refractivity contribution in [1.29, 1.82) is 5.26 Å². The van der Waals surface area contributed by atoms with Crippen LogP contribution >= 0.6 is 0 Å². The fraction of sp³-hybridized carbons (Fsp3) is 0.667. The Morgan fingerprint density at radius 1 is 1.83 bits per heavy atom. The van der Waals surface area contributed by atoms with E-state index in [0.717, 1.165) is 5.32 Å². The first kappa shape index (κ1) is 6.53. The van der Waals surface area contributed by atoms with Crippen LogP contribution in [-0.2, 0) is 0 Å². The van der Waals surface area contributed by atoms with Gasteiger partial charge in [0.25, 0.3) is 0 Å². The molecule has 0 spiro atoms. The van der Waals surface area contributed by atoms with E-state index in [0.29, 0.717) is 0 Å². The second kappa shape index (κ2) is 3.71. The molecule has 1 nitrogen and oxygen atoms in total. The molecular formula is C3H5NSe2. The van der Waals surface area contributed by atoms with E-state index in [9.17, 15) is 0 Å². The van der Waals surface area contributed by atoms with Crippen molar-refractivity contribution >= 4 is 32.0 Å². The van der Waals surface area contributed by atoms with Gasteiger partial charge in [-0.15, -0.1) is 0 Å². The molecule has 0 fully saturated rings. The molecule has 34 valence electrons. The minimum absolute atomic E-state index is 0.150. The van der Waals surface area contributed by atoms with Gasteiger partial charge in [0.15, 0.2) is 0 Å². The molecule has 0 heterocycles. The number of nitriles is 1. The van der Waals surface area contributed by atoms with Crippen molar-refractivity contribution in [3.05, 3.63) is 0 Å². The Bertz CT molecular complexity index is 65.7. The average Bonchev–Trinajstić information content (AvgIpc) is 1.65. The second-order valence-electron chi connectivity index (χ2n) is 0.827. The van der Waals surface area contributed by atoms with Gasteiger partial charge in [0.1, 0.15) is 0 Å². The van der Waals surface area contributed by atoms with Crippen LogP contribution in [0.2, 0.25) is 10.1 Å². The van der Waals surface area contributed by atoms with E-state index in [-0.39, 0.29) is 4.82 Å². The maximum atomic E-state index is 8.06. The topological polar surface area (TPSA) is 23.8 Å². The molecule has 0 aromatic carbocycles. The van der Waals surface area contributed by atoms with Crippen LogP contribution in [0.1, 0.15) is 0 Å². The van der Waals surface area contributed by atoms with Gasteiger partial charge < -0.3 is 0 Å². The third-order valence-electron chi connectivity index (χ3n) is 0.322. The molecule has 0 aliphatic carbocycles. The predicted octanol–water partition coefficient (Wildman–Crippen LogP) is -0.482. The van der Waals surface area contributed by atoms with Crippen molar-refractivity contribution in [2.24, 2.45) is 0 Å². The molecule has 0 aromatic heterocycles. The van der Waals surface area contributed by atoms with Crippen molar-refractivity contribution < 1.29 is 0 Å². The van der Waals surface area contributed by atoms with Crippen LogP contribution in [0.4, 0.5) is 0 Å². The molecule has 0 amide bonds. The standard InChI is InChI=1S/C3H5NSe2/c4-1-3(6)2-5/h3,5-6H,2H2. The van der Waals surface area contributed by atoms with Gasteiger partial charge in [-0.3, -0.25) is 0 Å². The molecular weight excluding hydrogens is 208 g/mol. The molecule has 6 heavy (non-hydrogen) atoms. The van der Waals surface area contributed by atoms with E-state index in [1.165, 1.54) is 0 Å². The molecule has 0 aliphatic heterocycles. The SMILES string of the molecule is N#CC([SeH])C[SeH]. The first-order valence-corrected chi connectivity index (χ1v) is 3.91. The maximum absolute atomic E-state index is 8.06. The van der Waals surface area contributed by atoms with Crippen molar-refractivity contribution in [3.8, 4) is 6.07 Å². The van der Waals surface area contributed by atoms with E-state index in [1.54, 1.807) is 0 Å². The van der Waals surface area contributed by atoms with E-state index >= 15 is 0 Å². The summed E-state index contributed by atoms with van der Waals surface area (Å²) in [7, 11) is 0. The van der Waals surface area contributed by atoms with Crippen molar-refractivity contribution in [3.63, 3.8) is 0 Å². The van der Waals surface area contributed by atoms with Gasteiger partial charge in [0, 0.05) is 0 Å². The molecule has 1 atom stereocenters. The molecule has 0 N–H and O–H groups in total. The normalized spacial score (nSPS) is 12.8. The predicted molar refractivity (Wildman–Crippen MR) is 28.5 cm³/mol. The zero-order chi connectivity index (χ0) is 4.99. The van der Waals surface area contributed by atoms with E-state index < -0.39 is 0 Å². The molecule has 1 unspecified atom stereocenters. The van der Waals surface area contributed by atoms with Crippen LogP contribution in [0.5, 0.6) is 0 Å². The monoisotopic (exact) mass is 215 g/mol. The van der Waals surface area contributed by atoms with Crippen molar-refractivity contribution in [1.82, 2.24) is 0 Å². The van der Waals surface area contributed by atoms with Gasteiger partial charge in [-0.05, 0) is 0 Å². The minimum atomic E-state index is 0.150. The molecule has 0 saturated carbocycles. The Balaban J connectivity index is 3.04. The first-order valence-electron chi connectivity index (χ1n) is 1.49. The Hall–Kier alpha value is 0.529. The number of hydrogen-bond acceptors (Lipinski definition) is 1. The van der Waals surface area contributed by atoms with Crippen LogP contribution in [0.3, 0.4) is 0 Å². The van der Waals surface area contributed by atoms with E-state index in [4.69, 9.17) is 5.26 Å². The van der Waals surface area contributed by atoms with Gasteiger partial charge in [-0.25, -0.2) is 0 Å². The van der Waals surface area contributed by atoms with Crippen LogP contribution < -0.4 is 0 Å². The third-order valence-corrected chi connectivity index (χ3v) is 3.07. The zero-order valence-corrected chi connectivity index (χ0v) is 6.88. The number of nitrogens with zero attached hydrogens (tertiary/aromatic N) is 1. The summed E-state index contributed by atoms with van der Waals surface area (Å²) in [5.41, 5.74) is 0. The summed E-state index contributed by atoms with van der Waals surface area (Å²) in [5, 5.41) is 8.94. The number of rotatable bonds is 1. The molecule has 0 rings (SSSR count). The third kappa shape index (κ3) is 2.75. The summed E-state index contributed by atoms with van der Waals surface area (Å²) in [5.74, 6) is 0. The van der Waals surface area contributed by atoms with E-state index in [1.807, 2.05) is 0 Å². The fourth-order valence-electron chi connectivity index (χ4n) is 0.0408. The van der Waals surface area contributed by atoms with Gasteiger partial charge in [0.2, 0.25) is 0 Å². The van der Waals surface area contributed by atoms with Crippen LogP contribution in [0.25, 0.3) is 0 Å². The summed E-state index contributed by atoms with van der Waals surface area (Å²) in [6, 6.07) is 2.07. The van der Waals surface area contributed by atoms with Gasteiger partial charge in [-0.2, -0.15) is 0 Å². The van der Waals surface area contributed by atoms with Crippen molar-refractivity contribution in [2.45, 2.75) is 10.1 Å². The number of hydrogen-bond donors (Lipinski definition) is 0. The molecule has 3 heteroatoms. The fourth-order valence-corrected chi connectivity index (χ4v) is 0.212. The Morgan fingerprint density at radius 3 is 2.33 bits per heavy atom. The molecule has 0 aliphatic rings. The molecule has 0 bridgehead atoms. The summed E-state index contributed by atoms with van der Waals surface area (Å²) < 4.78 is 0. The summed E-state index contributed by atoms with van der Waals surface area (Å²) in [6.07, 6.45) is 0. The molecule has 0 saturated heterocycles. The van der Waals surface area contributed by atoms with Gasteiger partial charge in [0.05, 0.1) is 0 Å². The van der Waals surface area contributed by atoms with Crippen LogP contribution in [0, 0.1) is 11.3 Å². The second-order valence-corrected chi connectivity index (χ2v) is 2.90. The Morgan fingerprint density at radius 2 is 2.33 bits per heavy atom. The Labute approximate surface area is 53.7 Å². The summed E-state index contributed by atoms with van der Waals surface area (Å²) in [4.78, 5) is 0.150. The molecule has 0 aromatic rings.